The Labute approximate surface area is 140 Å². The van der Waals surface area contributed by atoms with Crippen molar-refractivity contribution in [2.24, 2.45) is 0 Å². The van der Waals surface area contributed by atoms with Crippen LogP contribution >= 0.6 is 0 Å². The van der Waals surface area contributed by atoms with E-state index in [1.165, 1.54) is 11.1 Å². The Balaban J connectivity index is 1.99. The monoisotopic (exact) mass is 324 g/mol. The first-order valence-electron chi connectivity index (χ1n) is 7.78. The molecular formula is C17H20N6O. The molecule has 0 saturated carbocycles. The summed E-state index contributed by atoms with van der Waals surface area (Å²) in [5, 5.41) is 15.7. The summed E-state index contributed by atoms with van der Waals surface area (Å²) in [6.45, 7) is 6.19. The molecule has 7 heteroatoms. The fourth-order valence-electron chi connectivity index (χ4n) is 2.22. The highest BCUT2D eigenvalue weighted by Gasteiger charge is 2.11. The van der Waals surface area contributed by atoms with Crippen LogP contribution in [0.25, 0.3) is 11.2 Å². The molecule has 1 unspecified atom stereocenters. The average Bonchev–Trinajstić information content (AvgIpc) is 2.56. The number of aromatic nitrogens is 4. The minimum atomic E-state index is -0.498. The third-order valence-corrected chi connectivity index (χ3v) is 3.66. The zero-order valence-corrected chi connectivity index (χ0v) is 13.9. The molecule has 1 aromatic carbocycles. The van der Waals surface area contributed by atoms with E-state index in [-0.39, 0.29) is 0 Å². The summed E-state index contributed by atoms with van der Waals surface area (Å²) in [6.07, 6.45) is 2.70. The predicted octanol–water partition coefficient (Wildman–Crippen LogP) is 2.57. The van der Waals surface area contributed by atoms with E-state index in [0.717, 1.165) is 5.69 Å². The lowest BCUT2D eigenvalue weighted by Crippen LogP contribution is -2.17. The SMILES string of the molecule is Cc1ccc(Nc2nc(NCC(C)O)nc3nccnc23)cc1C. The molecule has 0 saturated heterocycles. The summed E-state index contributed by atoms with van der Waals surface area (Å²) in [6, 6.07) is 6.11. The minimum absolute atomic E-state index is 0.356. The van der Waals surface area contributed by atoms with E-state index in [4.69, 9.17) is 0 Å². The lowest BCUT2D eigenvalue weighted by Gasteiger charge is -2.12. The fraction of sp³-hybridized carbons (Fsp3) is 0.294. The van der Waals surface area contributed by atoms with E-state index in [2.05, 4.69) is 56.5 Å². The second kappa shape index (κ2) is 6.76. The Bertz CT molecular complexity index is 865. The Morgan fingerprint density at radius 3 is 2.62 bits per heavy atom. The fourth-order valence-corrected chi connectivity index (χ4v) is 2.22. The first kappa shape index (κ1) is 16.1. The maximum absolute atomic E-state index is 9.43. The summed E-state index contributed by atoms with van der Waals surface area (Å²) in [5.41, 5.74) is 4.43. The van der Waals surface area contributed by atoms with Crippen LogP contribution < -0.4 is 10.6 Å². The normalized spacial score (nSPS) is 12.2. The van der Waals surface area contributed by atoms with Gasteiger partial charge in [-0.15, -0.1) is 0 Å². The van der Waals surface area contributed by atoms with Gasteiger partial charge in [0.25, 0.3) is 0 Å². The van der Waals surface area contributed by atoms with Gasteiger partial charge in [0.2, 0.25) is 5.95 Å². The van der Waals surface area contributed by atoms with Gasteiger partial charge < -0.3 is 15.7 Å². The summed E-state index contributed by atoms with van der Waals surface area (Å²) < 4.78 is 0. The second-order valence-electron chi connectivity index (χ2n) is 5.78. The first-order valence-corrected chi connectivity index (χ1v) is 7.78. The Morgan fingerprint density at radius 1 is 1.08 bits per heavy atom. The highest BCUT2D eigenvalue weighted by atomic mass is 16.3. The van der Waals surface area contributed by atoms with Crippen LogP contribution in [0.15, 0.2) is 30.6 Å². The number of aliphatic hydroxyl groups is 1. The molecule has 7 nitrogen and oxygen atoms in total. The third-order valence-electron chi connectivity index (χ3n) is 3.66. The van der Waals surface area contributed by atoms with Crippen molar-refractivity contribution < 1.29 is 5.11 Å². The second-order valence-corrected chi connectivity index (χ2v) is 5.78. The Kier molecular flexibility index (Phi) is 4.52. The number of fused-ring (bicyclic) bond motifs is 1. The van der Waals surface area contributed by atoms with Crippen molar-refractivity contribution in [1.29, 1.82) is 0 Å². The molecule has 0 bridgehead atoms. The van der Waals surface area contributed by atoms with Crippen LogP contribution in [-0.2, 0) is 0 Å². The molecule has 0 radical (unpaired) electrons. The number of hydrogen-bond donors (Lipinski definition) is 3. The minimum Gasteiger partial charge on any atom is -0.392 e. The molecule has 0 aliphatic heterocycles. The van der Waals surface area contributed by atoms with Gasteiger partial charge in [-0.25, -0.2) is 9.97 Å². The van der Waals surface area contributed by atoms with Gasteiger partial charge in [0.15, 0.2) is 17.0 Å². The molecule has 0 aliphatic rings. The molecule has 0 aliphatic carbocycles. The van der Waals surface area contributed by atoms with Crippen LogP contribution in [0.4, 0.5) is 17.5 Å². The maximum Gasteiger partial charge on any atom is 0.226 e. The number of nitrogens with zero attached hydrogens (tertiary/aromatic N) is 4. The topological polar surface area (TPSA) is 95.9 Å². The molecule has 2 aromatic heterocycles. The van der Waals surface area contributed by atoms with Gasteiger partial charge in [-0.1, -0.05) is 6.07 Å². The number of aliphatic hydroxyl groups excluding tert-OH is 1. The molecule has 0 fully saturated rings. The molecule has 0 amide bonds. The number of hydrogen-bond acceptors (Lipinski definition) is 7. The van der Waals surface area contributed by atoms with Gasteiger partial charge in [-0.2, -0.15) is 9.97 Å². The molecule has 3 rings (SSSR count). The van der Waals surface area contributed by atoms with Crippen molar-refractivity contribution >= 4 is 28.6 Å². The van der Waals surface area contributed by atoms with E-state index in [0.29, 0.717) is 29.5 Å². The lowest BCUT2D eigenvalue weighted by atomic mass is 10.1. The lowest BCUT2D eigenvalue weighted by molar-refractivity contribution is 0.208. The number of aryl methyl sites for hydroxylation is 2. The summed E-state index contributed by atoms with van der Waals surface area (Å²) in [4.78, 5) is 17.4. The average molecular weight is 324 g/mol. The van der Waals surface area contributed by atoms with Gasteiger partial charge in [0.05, 0.1) is 6.10 Å². The molecule has 24 heavy (non-hydrogen) atoms. The van der Waals surface area contributed by atoms with Crippen molar-refractivity contribution in [3.8, 4) is 0 Å². The van der Waals surface area contributed by atoms with Gasteiger partial charge >= 0.3 is 0 Å². The number of rotatable bonds is 5. The number of nitrogens with one attached hydrogen (secondary N) is 2. The Hall–Kier alpha value is -2.80. The van der Waals surface area contributed by atoms with Crippen LogP contribution in [0.5, 0.6) is 0 Å². The van der Waals surface area contributed by atoms with Gasteiger partial charge in [-0.3, -0.25) is 0 Å². The van der Waals surface area contributed by atoms with Gasteiger partial charge in [0.1, 0.15) is 0 Å². The van der Waals surface area contributed by atoms with Crippen LogP contribution in [-0.4, -0.2) is 37.7 Å². The number of benzene rings is 1. The smallest absolute Gasteiger partial charge is 0.226 e. The number of anilines is 3. The van der Waals surface area contributed by atoms with Crippen LogP contribution in [0.2, 0.25) is 0 Å². The quantitative estimate of drug-likeness (QED) is 0.664. The molecule has 124 valence electrons. The molecular weight excluding hydrogens is 304 g/mol. The van der Waals surface area contributed by atoms with E-state index >= 15 is 0 Å². The van der Waals surface area contributed by atoms with Crippen LogP contribution in [0.1, 0.15) is 18.1 Å². The van der Waals surface area contributed by atoms with Crippen molar-refractivity contribution in [2.75, 3.05) is 17.2 Å². The summed E-state index contributed by atoms with van der Waals surface area (Å²) >= 11 is 0. The Morgan fingerprint density at radius 2 is 1.88 bits per heavy atom. The molecule has 0 spiro atoms. The predicted molar refractivity (Wildman–Crippen MR) is 94.5 cm³/mol. The summed E-state index contributed by atoms with van der Waals surface area (Å²) in [7, 11) is 0. The van der Waals surface area contributed by atoms with Crippen LogP contribution in [0.3, 0.4) is 0 Å². The van der Waals surface area contributed by atoms with Crippen molar-refractivity contribution in [1.82, 2.24) is 19.9 Å². The van der Waals surface area contributed by atoms with Gasteiger partial charge in [-0.05, 0) is 44.0 Å². The zero-order valence-electron chi connectivity index (χ0n) is 13.9. The van der Waals surface area contributed by atoms with E-state index in [1.807, 2.05) is 6.07 Å². The van der Waals surface area contributed by atoms with Crippen molar-refractivity contribution in [3.63, 3.8) is 0 Å². The van der Waals surface area contributed by atoms with Crippen molar-refractivity contribution in [3.05, 3.63) is 41.7 Å². The van der Waals surface area contributed by atoms with E-state index in [1.54, 1.807) is 19.3 Å². The standard InChI is InChI=1S/C17H20N6O/c1-10-4-5-13(8-11(10)2)21-16-14-15(19-7-6-18-14)22-17(23-16)20-9-12(3)24/h4-8,12,24H,9H2,1-3H3,(H2,19,20,21,22,23). The van der Waals surface area contributed by atoms with E-state index in [9.17, 15) is 5.11 Å². The highest BCUT2D eigenvalue weighted by molar-refractivity contribution is 5.85. The molecule has 1 atom stereocenters. The molecule has 3 N–H and O–H groups in total. The summed E-state index contributed by atoms with van der Waals surface area (Å²) in [5.74, 6) is 0.972. The zero-order chi connectivity index (χ0) is 17.1. The third kappa shape index (κ3) is 3.57. The molecule has 2 heterocycles. The molecule has 3 aromatic rings. The first-order chi connectivity index (χ1) is 11.5. The van der Waals surface area contributed by atoms with Crippen molar-refractivity contribution in [2.45, 2.75) is 26.9 Å². The van der Waals surface area contributed by atoms with Crippen LogP contribution in [0, 0.1) is 13.8 Å². The van der Waals surface area contributed by atoms with E-state index < -0.39 is 6.10 Å². The van der Waals surface area contributed by atoms with Gasteiger partial charge in [0, 0.05) is 24.6 Å². The maximum atomic E-state index is 9.43. The largest absolute Gasteiger partial charge is 0.392 e. The highest BCUT2D eigenvalue weighted by Crippen LogP contribution is 2.23.